The van der Waals surface area contributed by atoms with Crippen molar-refractivity contribution in [2.45, 2.75) is 147 Å². The predicted molar refractivity (Wildman–Crippen MR) is 316 cm³/mol. The highest BCUT2D eigenvalue weighted by atomic mass is 35.5. The molecule has 0 aromatic carbocycles. The number of amides is 2. The first-order valence-electron chi connectivity index (χ1n) is 28.6. The number of sulfonamides is 2. The number of hydrogen-bond acceptors (Lipinski definition) is 17. The normalized spacial score (nSPS) is 18.9. The predicted octanol–water partition coefficient (Wildman–Crippen LogP) is 10.5. The minimum absolute atomic E-state index is 0.104. The van der Waals surface area contributed by atoms with Gasteiger partial charge in [0.05, 0.1) is 37.6 Å². The van der Waals surface area contributed by atoms with Crippen LogP contribution in [0.4, 0.5) is 0 Å². The third-order valence-corrected chi connectivity index (χ3v) is 19.1. The van der Waals surface area contributed by atoms with Gasteiger partial charge in [-0.05, 0) is 175 Å². The Hall–Kier alpha value is -6.40. The second-order valence-electron chi connectivity index (χ2n) is 24.6. The Morgan fingerprint density at radius 3 is 1.43 bits per heavy atom. The van der Waals surface area contributed by atoms with Crippen molar-refractivity contribution in [2.75, 3.05) is 33.0 Å². The van der Waals surface area contributed by atoms with E-state index >= 15 is 0 Å². The molecule has 3 aliphatic carbocycles. The highest BCUT2D eigenvalue weighted by Crippen LogP contribution is 2.49. The lowest BCUT2D eigenvalue weighted by Crippen LogP contribution is -2.31. The minimum atomic E-state index is -4.30. The van der Waals surface area contributed by atoms with E-state index in [1.54, 1.807) is 36.7 Å². The summed E-state index contributed by atoms with van der Waals surface area (Å²) < 4.78 is 81.6. The highest BCUT2D eigenvalue weighted by molar-refractivity contribution is 7.90. The van der Waals surface area contributed by atoms with Crippen molar-refractivity contribution in [2.24, 2.45) is 28.1 Å². The van der Waals surface area contributed by atoms with Crippen molar-refractivity contribution in [1.82, 2.24) is 54.3 Å². The number of carbonyl (C=O) groups is 2. The molecule has 3 saturated carbocycles. The smallest absolute Gasteiger partial charge is 0.281 e. The van der Waals surface area contributed by atoms with E-state index in [0.717, 1.165) is 51.5 Å². The maximum absolute atomic E-state index is 12.9. The van der Waals surface area contributed by atoms with E-state index in [4.69, 9.17) is 42.1 Å². The first-order chi connectivity index (χ1) is 39.8. The van der Waals surface area contributed by atoms with Crippen molar-refractivity contribution in [3.05, 3.63) is 107 Å². The maximum atomic E-state index is 12.9. The number of carbonyl (C=O) groups excluding carboxylic acids is 2. The zero-order valence-electron chi connectivity index (χ0n) is 48.4. The molecule has 25 heteroatoms. The van der Waals surface area contributed by atoms with Crippen molar-refractivity contribution in [1.29, 1.82) is 0 Å². The molecule has 1 saturated heterocycles. The summed E-state index contributed by atoms with van der Waals surface area (Å²) in [6.45, 7) is 16.5. The molecule has 3 N–H and O–H groups in total. The molecule has 0 radical (unpaired) electrons. The standard InChI is InChI=1S/C30H38ClN5O5S.C29H37ClN6O5S/c1-29(2)13-11-21(20-29)6-5-18-40-24-7-4-8-26(33-24)42(38,39)35-28(37)22-9-10-23(32-27(22)31)36-17-12-25(34-36)41-19-16-30(3)14-15-30;1-28(2)18-20(19-31-28)6-5-16-40-23-7-4-8-25(33-23)42(38,39)35-27(37)21-9-10-22(32-26(21)30)36-15-11-24(34-36)41-17-14-29(3)12-13-29/h4,7-10,12,17,21H,5-6,11,13-16,18-20H2,1-3H3,(H,35,37);4,7-11,15,20,31H,5-6,12-14,16-19H2,1-3H3,(H,35,37). The van der Waals surface area contributed by atoms with Gasteiger partial charge >= 0.3 is 0 Å². The Morgan fingerprint density at radius 2 is 1.02 bits per heavy atom. The van der Waals surface area contributed by atoms with Gasteiger partial charge < -0.3 is 24.3 Å². The van der Waals surface area contributed by atoms with Gasteiger partial charge in [0.25, 0.3) is 31.9 Å². The molecule has 0 spiro atoms. The fourth-order valence-electron chi connectivity index (χ4n) is 10.3. The Balaban J connectivity index is 0.000000202. The van der Waals surface area contributed by atoms with E-state index in [1.807, 2.05) is 9.44 Å². The molecule has 6 aromatic heterocycles. The zero-order chi connectivity index (χ0) is 59.9. The Labute approximate surface area is 501 Å². The number of nitrogens with zero attached hydrogens (tertiary/aromatic N) is 8. The fraction of sp³-hybridized carbons (Fsp3) is 0.525. The second kappa shape index (κ2) is 26.1. The van der Waals surface area contributed by atoms with E-state index in [0.29, 0.717) is 77.9 Å². The molecule has 6 aromatic rings. The van der Waals surface area contributed by atoms with Gasteiger partial charge in [0.2, 0.25) is 23.5 Å². The van der Waals surface area contributed by atoms with Crippen LogP contribution in [0.25, 0.3) is 11.6 Å². The van der Waals surface area contributed by atoms with Crippen LogP contribution in [0.15, 0.2) is 95.2 Å². The molecule has 0 bridgehead atoms. The summed E-state index contributed by atoms with van der Waals surface area (Å²) in [4.78, 5) is 42.4. The molecule has 2 unspecified atom stereocenters. The molecule has 4 aliphatic rings. The summed E-state index contributed by atoms with van der Waals surface area (Å²) in [6.07, 6.45) is 18.8. The van der Waals surface area contributed by atoms with Crippen LogP contribution in [0.1, 0.15) is 152 Å². The number of rotatable bonds is 26. The van der Waals surface area contributed by atoms with Gasteiger partial charge in [-0.2, -0.15) is 26.8 Å². The van der Waals surface area contributed by atoms with Crippen LogP contribution in [0.5, 0.6) is 23.5 Å². The summed E-state index contributed by atoms with van der Waals surface area (Å²) in [7, 11) is -8.59. The van der Waals surface area contributed by atoms with Gasteiger partial charge in [-0.1, -0.05) is 63.0 Å². The van der Waals surface area contributed by atoms with E-state index in [-0.39, 0.29) is 48.8 Å². The van der Waals surface area contributed by atoms with Gasteiger partial charge in [0, 0.05) is 42.2 Å². The molecule has 2 atom stereocenters. The minimum Gasteiger partial charge on any atom is -0.478 e. The second-order valence-corrected chi connectivity index (χ2v) is 28.6. The Kier molecular flexibility index (Phi) is 19.3. The number of hydrogen-bond donors (Lipinski definition) is 3. The van der Waals surface area contributed by atoms with Crippen molar-refractivity contribution < 1.29 is 45.4 Å². The molecule has 10 rings (SSSR count). The van der Waals surface area contributed by atoms with Crippen LogP contribution < -0.4 is 33.7 Å². The first-order valence-corrected chi connectivity index (χ1v) is 32.4. The zero-order valence-corrected chi connectivity index (χ0v) is 51.6. The Bertz CT molecular complexity index is 3300. The Morgan fingerprint density at radius 1 is 0.571 bits per heavy atom. The van der Waals surface area contributed by atoms with E-state index < -0.39 is 31.9 Å². The van der Waals surface area contributed by atoms with E-state index in [1.165, 1.54) is 103 Å². The van der Waals surface area contributed by atoms with Crippen molar-refractivity contribution >= 4 is 55.1 Å². The number of aromatic nitrogens is 8. The average Bonchev–Trinajstić information content (AvgIpc) is 4.10. The van der Waals surface area contributed by atoms with E-state index in [9.17, 15) is 26.4 Å². The van der Waals surface area contributed by atoms with Crippen LogP contribution >= 0.6 is 23.2 Å². The third kappa shape index (κ3) is 17.4. The number of nitrogens with one attached hydrogen (secondary N) is 3. The van der Waals surface area contributed by atoms with Crippen LogP contribution in [-0.2, 0) is 20.0 Å². The first kappa shape index (κ1) is 62.1. The summed E-state index contributed by atoms with van der Waals surface area (Å²) >= 11 is 12.6. The van der Waals surface area contributed by atoms with Crippen molar-refractivity contribution in [3.8, 4) is 35.2 Å². The van der Waals surface area contributed by atoms with Gasteiger partial charge in [-0.25, -0.2) is 28.8 Å². The molecule has 4 fully saturated rings. The van der Waals surface area contributed by atoms with Gasteiger partial charge in [-0.15, -0.1) is 10.2 Å². The molecule has 2 amide bonds. The molecule has 84 heavy (non-hydrogen) atoms. The number of halogens is 2. The lowest BCUT2D eigenvalue weighted by atomic mass is 9.89. The third-order valence-electron chi connectivity index (χ3n) is 16.0. The SMILES string of the molecule is CC1(C)CCC(CCCOc2cccc(S(=O)(=O)NC(=O)c3ccc(-n4ccc(OCCC5(C)CC5)n4)nc3Cl)n2)C1.CC1(CCOc2ccn(-c3ccc(C(=O)NS(=O)(=O)c4cccc(OCCCC5CNC(C)(C)C5)n4)c(Cl)n3)n2)CC1. The summed E-state index contributed by atoms with van der Waals surface area (Å²) in [6, 6.07) is 18.1. The summed E-state index contributed by atoms with van der Waals surface area (Å²) in [5.74, 6) is 1.41. The highest BCUT2D eigenvalue weighted by Gasteiger charge is 2.38. The topological polar surface area (TPSA) is 263 Å². The number of ether oxygens (including phenoxy) is 4. The summed E-state index contributed by atoms with van der Waals surface area (Å²) in [5.41, 5.74) is 1.14. The summed E-state index contributed by atoms with van der Waals surface area (Å²) in [5, 5.41) is 11.2. The number of pyridine rings is 4. The van der Waals surface area contributed by atoms with Crippen LogP contribution in [0.2, 0.25) is 10.3 Å². The van der Waals surface area contributed by atoms with Gasteiger partial charge in [-0.3, -0.25) is 9.59 Å². The molecule has 452 valence electrons. The molecular weight excluding hydrogens is 1160 g/mol. The largest absolute Gasteiger partial charge is 0.478 e. The fourth-order valence-corrected chi connectivity index (χ4v) is 12.6. The average molecular weight is 1230 g/mol. The van der Waals surface area contributed by atoms with Crippen molar-refractivity contribution in [3.63, 3.8) is 0 Å². The molecular formula is C59H75Cl2N11O10S2. The van der Waals surface area contributed by atoms with Crippen LogP contribution in [-0.4, -0.2) is 107 Å². The van der Waals surface area contributed by atoms with E-state index in [2.05, 4.69) is 77.0 Å². The lowest BCUT2D eigenvalue weighted by Gasteiger charge is -2.17. The monoisotopic (exact) mass is 1230 g/mol. The van der Waals surface area contributed by atoms with Gasteiger partial charge in [0.1, 0.15) is 10.3 Å². The quantitative estimate of drug-likeness (QED) is 0.0337. The maximum Gasteiger partial charge on any atom is 0.281 e. The van der Waals surface area contributed by atoms with Crippen LogP contribution in [0, 0.1) is 28.1 Å². The molecule has 1 aliphatic heterocycles. The van der Waals surface area contributed by atoms with Crippen LogP contribution in [0.3, 0.4) is 0 Å². The molecule has 21 nitrogen and oxygen atoms in total. The lowest BCUT2D eigenvalue weighted by molar-refractivity contribution is 0.0972. The van der Waals surface area contributed by atoms with Gasteiger partial charge in [0.15, 0.2) is 21.7 Å². The molecule has 7 heterocycles.